The zero-order valence-corrected chi connectivity index (χ0v) is 15.1. The van der Waals surface area contributed by atoms with Gasteiger partial charge in [0.2, 0.25) is 0 Å². The molecule has 1 aromatic rings. The van der Waals surface area contributed by atoms with Crippen LogP contribution in [0.2, 0.25) is 0 Å². The molecule has 0 unspecified atom stereocenters. The predicted molar refractivity (Wildman–Crippen MR) is 99.1 cm³/mol. The van der Waals surface area contributed by atoms with Crippen LogP contribution >= 0.6 is 24.8 Å². The Labute approximate surface area is 147 Å². The third-order valence-corrected chi connectivity index (χ3v) is 5.54. The summed E-state index contributed by atoms with van der Waals surface area (Å²) in [6, 6.07) is 7.07. The molecule has 0 saturated carbocycles. The van der Waals surface area contributed by atoms with E-state index in [1.165, 1.54) is 58.4 Å². The van der Waals surface area contributed by atoms with E-state index in [1.54, 1.807) is 16.8 Å². The second kappa shape index (κ2) is 7.42. The number of benzene rings is 1. The van der Waals surface area contributed by atoms with Gasteiger partial charge in [-0.2, -0.15) is 0 Å². The van der Waals surface area contributed by atoms with Crippen molar-refractivity contribution >= 4 is 30.5 Å². The molecule has 124 valence electrons. The van der Waals surface area contributed by atoms with Crippen molar-refractivity contribution in [2.75, 3.05) is 37.6 Å². The number of aryl methyl sites for hydroxylation is 1. The summed E-state index contributed by atoms with van der Waals surface area (Å²) in [7, 11) is 0. The number of halogens is 2. The monoisotopic (exact) mass is 342 g/mol. The molecule has 0 aromatic heterocycles. The van der Waals surface area contributed by atoms with Crippen LogP contribution in [0.25, 0.3) is 0 Å². The normalized spacial score (nSPS) is 25.8. The number of likely N-dealkylation sites (tertiary alicyclic amines) is 1. The molecule has 0 amide bonds. The molecule has 0 spiro atoms. The molecule has 22 heavy (non-hydrogen) atoms. The lowest BCUT2D eigenvalue weighted by atomic mass is 9.80. The van der Waals surface area contributed by atoms with E-state index in [2.05, 4.69) is 34.9 Å². The average molecular weight is 343 g/mol. The molecule has 1 aromatic carbocycles. The maximum atomic E-state index is 2.72. The molecule has 3 aliphatic heterocycles. The van der Waals surface area contributed by atoms with Gasteiger partial charge in [0.1, 0.15) is 0 Å². The Kier molecular flexibility index (Phi) is 6.04. The van der Waals surface area contributed by atoms with Gasteiger partial charge in [-0.05, 0) is 42.9 Å². The first-order valence-electron chi connectivity index (χ1n) is 8.46. The number of para-hydroxylation sites is 1. The van der Waals surface area contributed by atoms with Gasteiger partial charge in [-0.3, -0.25) is 0 Å². The van der Waals surface area contributed by atoms with Crippen LogP contribution < -0.4 is 4.90 Å². The van der Waals surface area contributed by atoms with E-state index >= 15 is 0 Å². The molecule has 2 nitrogen and oxygen atoms in total. The summed E-state index contributed by atoms with van der Waals surface area (Å²) in [4.78, 5) is 5.41. The maximum Gasteiger partial charge on any atom is 0.0434 e. The van der Waals surface area contributed by atoms with Gasteiger partial charge in [0.25, 0.3) is 0 Å². The van der Waals surface area contributed by atoms with Crippen molar-refractivity contribution in [1.29, 1.82) is 0 Å². The highest BCUT2D eigenvalue weighted by Crippen LogP contribution is 2.45. The Morgan fingerprint density at radius 1 is 1.14 bits per heavy atom. The zero-order chi connectivity index (χ0) is 13.5. The molecule has 0 N–H and O–H groups in total. The quantitative estimate of drug-likeness (QED) is 0.815. The molecule has 1 saturated heterocycles. The molecular formula is C18H28Cl2N2. The first kappa shape index (κ1) is 17.9. The van der Waals surface area contributed by atoms with Crippen molar-refractivity contribution in [3.05, 3.63) is 29.3 Å². The van der Waals surface area contributed by atoms with Crippen LogP contribution in [0.4, 0.5) is 5.69 Å². The smallest absolute Gasteiger partial charge is 0.0434 e. The Hall–Kier alpha value is -0.440. The lowest BCUT2D eigenvalue weighted by molar-refractivity contribution is 0.318. The lowest BCUT2D eigenvalue weighted by Gasteiger charge is -2.41. The third-order valence-electron chi connectivity index (χ3n) is 5.54. The molecule has 4 rings (SSSR count). The highest BCUT2D eigenvalue weighted by atomic mass is 35.5. The first-order chi connectivity index (χ1) is 9.86. The molecule has 0 bridgehead atoms. The number of rotatable bonds is 3. The summed E-state index contributed by atoms with van der Waals surface area (Å²) in [5.41, 5.74) is 4.90. The van der Waals surface area contributed by atoms with Gasteiger partial charge >= 0.3 is 0 Å². The molecule has 3 aliphatic rings. The number of hydrogen-bond donors (Lipinski definition) is 0. The largest absolute Gasteiger partial charge is 0.371 e. The van der Waals surface area contributed by atoms with Crippen LogP contribution in [0.1, 0.15) is 43.2 Å². The fraction of sp³-hybridized carbons (Fsp3) is 0.667. The summed E-state index contributed by atoms with van der Waals surface area (Å²) in [5.74, 6) is 1.67. The van der Waals surface area contributed by atoms with Gasteiger partial charge < -0.3 is 9.80 Å². The van der Waals surface area contributed by atoms with E-state index in [-0.39, 0.29) is 24.8 Å². The Balaban J connectivity index is 0.000000882. The summed E-state index contributed by atoms with van der Waals surface area (Å²) >= 11 is 0. The van der Waals surface area contributed by atoms with Crippen molar-refractivity contribution in [2.24, 2.45) is 5.92 Å². The number of unbranched alkanes of at least 4 members (excludes halogenated alkanes) is 1. The number of anilines is 1. The van der Waals surface area contributed by atoms with Crippen molar-refractivity contribution in [3.63, 3.8) is 0 Å². The average Bonchev–Trinajstić information content (AvgIpc) is 2.89. The van der Waals surface area contributed by atoms with Crippen molar-refractivity contribution in [3.8, 4) is 0 Å². The molecule has 4 heteroatoms. The van der Waals surface area contributed by atoms with Gasteiger partial charge in [0.05, 0.1) is 0 Å². The maximum absolute atomic E-state index is 2.72. The number of hydrogen-bond acceptors (Lipinski definition) is 2. The second-order valence-corrected chi connectivity index (χ2v) is 6.88. The van der Waals surface area contributed by atoms with Crippen molar-refractivity contribution in [1.82, 2.24) is 4.90 Å². The van der Waals surface area contributed by atoms with Crippen molar-refractivity contribution in [2.45, 2.75) is 38.5 Å². The van der Waals surface area contributed by atoms with Crippen LogP contribution in [0.5, 0.6) is 0 Å². The lowest BCUT2D eigenvalue weighted by Crippen LogP contribution is -2.40. The van der Waals surface area contributed by atoms with E-state index in [0.717, 1.165) is 11.8 Å². The minimum atomic E-state index is 0. The Bertz CT molecular complexity index is 506. The topological polar surface area (TPSA) is 6.48 Å². The van der Waals surface area contributed by atoms with Crippen LogP contribution in [-0.4, -0.2) is 37.6 Å². The van der Waals surface area contributed by atoms with E-state index < -0.39 is 0 Å². The number of fused-ring (bicyclic) bond motifs is 2. The zero-order valence-electron chi connectivity index (χ0n) is 13.5. The van der Waals surface area contributed by atoms with Crippen LogP contribution in [0, 0.1) is 5.92 Å². The van der Waals surface area contributed by atoms with Crippen LogP contribution in [0.3, 0.4) is 0 Å². The van der Waals surface area contributed by atoms with Crippen molar-refractivity contribution < 1.29 is 0 Å². The second-order valence-electron chi connectivity index (χ2n) is 6.88. The highest BCUT2D eigenvalue weighted by Gasteiger charge is 2.41. The van der Waals surface area contributed by atoms with E-state index in [4.69, 9.17) is 0 Å². The summed E-state index contributed by atoms with van der Waals surface area (Å²) in [6.45, 7) is 8.81. The molecule has 0 aliphatic carbocycles. The minimum absolute atomic E-state index is 0. The Morgan fingerprint density at radius 2 is 2.00 bits per heavy atom. The molecule has 1 fully saturated rings. The molecule has 0 radical (unpaired) electrons. The minimum Gasteiger partial charge on any atom is -0.371 e. The van der Waals surface area contributed by atoms with Gasteiger partial charge in [-0.1, -0.05) is 31.5 Å². The summed E-state index contributed by atoms with van der Waals surface area (Å²) < 4.78 is 0. The number of nitrogens with zero attached hydrogens (tertiary/aromatic N) is 2. The van der Waals surface area contributed by atoms with Crippen LogP contribution in [0.15, 0.2) is 18.2 Å². The van der Waals surface area contributed by atoms with Crippen LogP contribution in [-0.2, 0) is 6.42 Å². The molecule has 2 atom stereocenters. The Morgan fingerprint density at radius 3 is 2.82 bits per heavy atom. The summed E-state index contributed by atoms with van der Waals surface area (Å²) in [6.07, 6.45) is 5.30. The van der Waals surface area contributed by atoms with E-state index in [1.807, 2.05) is 0 Å². The van der Waals surface area contributed by atoms with E-state index in [9.17, 15) is 0 Å². The fourth-order valence-corrected chi connectivity index (χ4v) is 4.60. The standard InChI is InChI=1S/C18H26N2.2ClH/c1-2-3-9-19-11-15-12-20-10-5-7-14-6-4-8-16(18(14)20)17(15)13-19;;/h4,6,8,15,17H,2-3,5,7,9-13H2,1H3;2*1H/t15-,17-;;/m0../s1. The highest BCUT2D eigenvalue weighted by molar-refractivity contribution is 5.85. The predicted octanol–water partition coefficient (Wildman–Crippen LogP) is 4.11. The van der Waals surface area contributed by atoms with Gasteiger partial charge in [-0.25, -0.2) is 0 Å². The van der Waals surface area contributed by atoms with Gasteiger partial charge in [0.15, 0.2) is 0 Å². The fourth-order valence-electron chi connectivity index (χ4n) is 4.60. The SMILES string of the molecule is CCCCN1C[C@H]2CN3CCCc4cccc(c43)[C@H]2C1.Cl.Cl. The third kappa shape index (κ3) is 2.98. The molecular weight excluding hydrogens is 315 g/mol. The first-order valence-corrected chi connectivity index (χ1v) is 8.46. The van der Waals surface area contributed by atoms with Gasteiger partial charge in [-0.15, -0.1) is 24.8 Å². The molecule has 3 heterocycles. The van der Waals surface area contributed by atoms with E-state index in [0.29, 0.717) is 0 Å². The van der Waals surface area contributed by atoms with Gasteiger partial charge in [0, 0.05) is 37.8 Å². The summed E-state index contributed by atoms with van der Waals surface area (Å²) in [5, 5.41) is 0.